The molecule has 3 heterocycles. The summed E-state index contributed by atoms with van der Waals surface area (Å²) < 4.78 is 16.0. The second-order valence-corrected chi connectivity index (χ2v) is 7.31. The van der Waals surface area contributed by atoms with Gasteiger partial charge in [-0.1, -0.05) is 0 Å². The number of nitro groups is 1. The van der Waals surface area contributed by atoms with Gasteiger partial charge in [0.15, 0.2) is 12.6 Å². The van der Waals surface area contributed by atoms with E-state index in [9.17, 15) is 14.9 Å². The number of rotatable bonds is 7. The number of carbonyl (C=O) groups is 1. The van der Waals surface area contributed by atoms with Gasteiger partial charge in [0.2, 0.25) is 0 Å². The van der Waals surface area contributed by atoms with Crippen LogP contribution < -0.4 is 10.1 Å². The van der Waals surface area contributed by atoms with Crippen molar-refractivity contribution in [3.8, 4) is 5.75 Å². The average molecular weight is 416 g/mol. The van der Waals surface area contributed by atoms with Crippen LogP contribution in [0.1, 0.15) is 21.7 Å². The maximum absolute atomic E-state index is 11.9. The predicted molar refractivity (Wildman–Crippen MR) is 106 cm³/mol. The summed E-state index contributed by atoms with van der Waals surface area (Å²) in [6.07, 6.45) is 1.48. The molecule has 0 aliphatic carbocycles. The van der Waals surface area contributed by atoms with E-state index in [1.54, 1.807) is 18.2 Å². The normalized spacial score (nSPS) is 17.2. The number of amides is 1. The van der Waals surface area contributed by atoms with E-state index in [0.717, 1.165) is 43.9 Å². The second kappa shape index (κ2) is 9.24. The highest BCUT2D eigenvalue weighted by Crippen LogP contribution is 2.33. The van der Waals surface area contributed by atoms with Crippen LogP contribution in [0.3, 0.4) is 0 Å². The molecule has 10 nitrogen and oxygen atoms in total. The quantitative estimate of drug-likeness (QED) is 0.535. The first-order valence-corrected chi connectivity index (χ1v) is 9.87. The van der Waals surface area contributed by atoms with Crippen LogP contribution in [0.25, 0.3) is 0 Å². The largest absolute Gasteiger partial charge is 0.467 e. The fraction of sp³-hybridized carbons (Fsp3) is 0.450. The summed E-state index contributed by atoms with van der Waals surface area (Å²) in [7, 11) is 0. The van der Waals surface area contributed by atoms with Crippen LogP contribution >= 0.6 is 0 Å². The third-order valence-electron chi connectivity index (χ3n) is 5.30. The minimum absolute atomic E-state index is 0.0591. The molecule has 0 unspecified atom stereocenters. The van der Waals surface area contributed by atoms with E-state index >= 15 is 0 Å². The minimum atomic E-state index is -0.382. The summed E-state index contributed by atoms with van der Waals surface area (Å²) >= 11 is 0. The first-order valence-electron chi connectivity index (χ1n) is 9.87. The van der Waals surface area contributed by atoms with Gasteiger partial charge in [-0.25, -0.2) is 0 Å². The Morgan fingerprint density at radius 2 is 2.00 bits per heavy atom. The number of fused-ring (bicyclic) bond motifs is 1. The van der Waals surface area contributed by atoms with Crippen LogP contribution in [0.4, 0.5) is 5.69 Å². The van der Waals surface area contributed by atoms with Gasteiger partial charge in [0.25, 0.3) is 11.6 Å². The van der Waals surface area contributed by atoms with Gasteiger partial charge in [0, 0.05) is 69.1 Å². The molecular weight excluding hydrogens is 392 g/mol. The van der Waals surface area contributed by atoms with Gasteiger partial charge < -0.3 is 19.2 Å². The average Bonchev–Trinajstić information content (AvgIpc) is 3.30. The molecule has 2 aliphatic heterocycles. The minimum Gasteiger partial charge on any atom is -0.467 e. The van der Waals surface area contributed by atoms with Crippen molar-refractivity contribution >= 4 is 11.6 Å². The molecule has 0 saturated carbocycles. The standard InChI is InChI=1S/C20H24N4O6/c25-20(18-2-1-9-29-18)21-3-4-22-5-7-23(8-6-22)12-15-10-17(24(26)27)11-16-13-28-14-30-19(15)16/h1-2,9-11H,3-8,12-14H2,(H,21,25). The molecule has 0 spiro atoms. The molecule has 1 aromatic carbocycles. The Bertz CT molecular complexity index is 893. The Balaban J connectivity index is 1.28. The molecule has 1 amide bonds. The number of piperazine rings is 1. The van der Waals surface area contributed by atoms with Crippen molar-refractivity contribution < 1.29 is 23.6 Å². The number of non-ortho nitro benzene ring substituents is 1. The molecule has 30 heavy (non-hydrogen) atoms. The Labute approximate surface area is 173 Å². The van der Waals surface area contributed by atoms with Crippen molar-refractivity contribution in [1.29, 1.82) is 0 Å². The lowest BCUT2D eigenvalue weighted by molar-refractivity contribution is -0.385. The van der Waals surface area contributed by atoms with Gasteiger partial charge in [-0.05, 0) is 12.1 Å². The van der Waals surface area contributed by atoms with E-state index in [2.05, 4.69) is 15.1 Å². The molecule has 10 heteroatoms. The molecule has 2 aliphatic rings. The van der Waals surface area contributed by atoms with Gasteiger partial charge in [-0.15, -0.1) is 0 Å². The van der Waals surface area contributed by atoms with Gasteiger partial charge in [0.1, 0.15) is 5.75 Å². The van der Waals surface area contributed by atoms with Crippen LogP contribution in [0.5, 0.6) is 5.75 Å². The predicted octanol–water partition coefficient (Wildman–Crippen LogP) is 1.60. The molecule has 2 aromatic rings. The van der Waals surface area contributed by atoms with E-state index < -0.39 is 0 Å². The lowest BCUT2D eigenvalue weighted by Gasteiger charge is -2.35. The van der Waals surface area contributed by atoms with E-state index in [0.29, 0.717) is 31.2 Å². The zero-order valence-corrected chi connectivity index (χ0v) is 16.5. The van der Waals surface area contributed by atoms with Gasteiger partial charge in [-0.3, -0.25) is 24.7 Å². The molecular formula is C20H24N4O6. The van der Waals surface area contributed by atoms with E-state index in [4.69, 9.17) is 13.9 Å². The summed E-state index contributed by atoms with van der Waals surface area (Å²) in [6, 6.07) is 6.44. The van der Waals surface area contributed by atoms with Crippen molar-refractivity contribution in [2.45, 2.75) is 13.2 Å². The number of hydrogen-bond donors (Lipinski definition) is 1. The molecule has 1 N–H and O–H groups in total. The SMILES string of the molecule is O=C(NCCN1CCN(Cc2cc([N+](=O)[O-])cc3c2OCOC3)CC1)c1ccco1. The van der Waals surface area contributed by atoms with Gasteiger partial charge in [0.05, 0.1) is 17.8 Å². The number of nitrogens with zero attached hydrogens (tertiary/aromatic N) is 3. The summed E-state index contributed by atoms with van der Waals surface area (Å²) in [6.45, 7) is 5.76. The van der Waals surface area contributed by atoms with Crippen molar-refractivity contribution in [2.24, 2.45) is 0 Å². The fourth-order valence-electron chi connectivity index (χ4n) is 3.74. The highest BCUT2D eigenvalue weighted by atomic mass is 16.7. The van der Waals surface area contributed by atoms with Crippen LogP contribution in [-0.4, -0.2) is 66.7 Å². The Morgan fingerprint density at radius 3 is 2.73 bits per heavy atom. The summed E-state index contributed by atoms with van der Waals surface area (Å²) in [5.41, 5.74) is 1.60. The summed E-state index contributed by atoms with van der Waals surface area (Å²) in [5, 5.41) is 14.1. The van der Waals surface area contributed by atoms with Crippen molar-refractivity contribution in [3.63, 3.8) is 0 Å². The number of carbonyl (C=O) groups excluding carboxylic acids is 1. The number of furan rings is 1. The molecule has 4 rings (SSSR count). The van der Waals surface area contributed by atoms with E-state index in [1.807, 2.05) is 0 Å². The lowest BCUT2D eigenvalue weighted by Crippen LogP contribution is -2.48. The highest BCUT2D eigenvalue weighted by Gasteiger charge is 2.24. The second-order valence-electron chi connectivity index (χ2n) is 7.31. The lowest BCUT2D eigenvalue weighted by atomic mass is 10.1. The van der Waals surface area contributed by atoms with Gasteiger partial charge in [-0.2, -0.15) is 0 Å². The monoisotopic (exact) mass is 416 g/mol. The first kappa shape index (κ1) is 20.3. The van der Waals surface area contributed by atoms with Crippen molar-refractivity contribution in [2.75, 3.05) is 46.1 Å². The zero-order chi connectivity index (χ0) is 20.9. The van der Waals surface area contributed by atoms with E-state index in [-0.39, 0.29) is 23.3 Å². The highest BCUT2D eigenvalue weighted by molar-refractivity contribution is 5.91. The van der Waals surface area contributed by atoms with Crippen molar-refractivity contribution in [1.82, 2.24) is 15.1 Å². The van der Waals surface area contributed by atoms with E-state index in [1.165, 1.54) is 12.3 Å². The van der Waals surface area contributed by atoms with Crippen LogP contribution in [0.2, 0.25) is 0 Å². The Morgan fingerprint density at radius 1 is 1.20 bits per heavy atom. The summed E-state index contributed by atoms with van der Waals surface area (Å²) in [4.78, 5) is 27.3. The topological polar surface area (TPSA) is 110 Å². The number of hydrogen-bond acceptors (Lipinski definition) is 8. The summed E-state index contributed by atoms with van der Waals surface area (Å²) in [5.74, 6) is 0.806. The molecule has 0 bridgehead atoms. The van der Waals surface area contributed by atoms with Gasteiger partial charge >= 0.3 is 0 Å². The Kier molecular flexibility index (Phi) is 6.26. The number of nitro benzene ring substituents is 1. The number of ether oxygens (including phenoxy) is 2. The van der Waals surface area contributed by atoms with Crippen LogP contribution in [0.15, 0.2) is 34.9 Å². The molecule has 1 saturated heterocycles. The molecule has 1 aromatic heterocycles. The third kappa shape index (κ3) is 4.78. The van der Waals surface area contributed by atoms with Crippen molar-refractivity contribution in [3.05, 3.63) is 57.5 Å². The third-order valence-corrected chi connectivity index (χ3v) is 5.30. The smallest absolute Gasteiger partial charge is 0.287 e. The maximum atomic E-state index is 11.9. The molecule has 1 fully saturated rings. The van der Waals surface area contributed by atoms with Crippen LogP contribution in [0, 0.1) is 10.1 Å². The molecule has 160 valence electrons. The number of nitrogens with one attached hydrogen (secondary N) is 1. The first-order chi connectivity index (χ1) is 14.6. The molecule has 0 radical (unpaired) electrons. The maximum Gasteiger partial charge on any atom is 0.287 e. The van der Waals surface area contributed by atoms with Crippen LogP contribution in [-0.2, 0) is 17.9 Å². The zero-order valence-electron chi connectivity index (χ0n) is 16.5. The number of benzene rings is 1. The molecule has 0 atom stereocenters. The Hall–Kier alpha value is -2.95. The fourth-order valence-corrected chi connectivity index (χ4v) is 3.74.